The van der Waals surface area contributed by atoms with E-state index in [1.165, 1.54) is 25.3 Å². The number of methoxy groups -OCH3 is 1. The molecule has 0 aliphatic carbocycles. The third-order valence-electron chi connectivity index (χ3n) is 4.54. The van der Waals surface area contributed by atoms with Crippen LogP contribution < -0.4 is 13.8 Å². The maximum atomic E-state index is 12.9. The van der Waals surface area contributed by atoms with Gasteiger partial charge >= 0.3 is 11.7 Å². The first kappa shape index (κ1) is 18.7. The van der Waals surface area contributed by atoms with Gasteiger partial charge in [0.2, 0.25) is 5.75 Å². The number of carbonyl (C=O) groups is 1. The molecule has 0 saturated carbocycles. The highest BCUT2D eigenvalue weighted by Crippen LogP contribution is 2.42. The van der Waals surface area contributed by atoms with Crippen LogP contribution in [0.25, 0.3) is 10.8 Å². The summed E-state index contributed by atoms with van der Waals surface area (Å²) in [4.78, 5) is 23.1. The lowest BCUT2D eigenvalue weighted by Crippen LogP contribution is -2.34. The molecule has 0 N–H and O–H groups in total. The molecule has 0 bridgehead atoms. The minimum absolute atomic E-state index is 0.105. The SMILES string of the molecule is COc1ccc(OC(=O)CN2c3cccc4cccc(c34)S2(=O)=O)c([N+](=O)[O-])c1. The van der Waals surface area contributed by atoms with Crippen molar-refractivity contribution in [1.82, 2.24) is 0 Å². The second-order valence-corrected chi connectivity index (χ2v) is 8.04. The topological polar surface area (TPSA) is 116 Å². The molecule has 0 spiro atoms. The largest absolute Gasteiger partial charge is 0.496 e. The Kier molecular flexibility index (Phi) is 4.35. The number of carbonyl (C=O) groups excluding carboxylic acids is 1. The molecule has 0 atom stereocenters. The second kappa shape index (κ2) is 6.74. The Labute approximate surface area is 165 Å². The summed E-state index contributed by atoms with van der Waals surface area (Å²) in [7, 11) is -2.60. The van der Waals surface area contributed by atoms with Crippen molar-refractivity contribution in [2.24, 2.45) is 0 Å². The van der Waals surface area contributed by atoms with Crippen LogP contribution in [0.3, 0.4) is 0 Å². The Morgan fingerprint density at radius 3 is 2.55 bits per heavy atom. The van der Waals surface area contributed by atoms with Crippen molar-refractivity contribution in [2.75, 3.05) is 18.0 Å². The number of hydrogen-bond donors (Lipinski definition) is 0. The van der Waals surface area contributed by atoms with Crippen LogP contribution in [-0.2, 0) is 14.8 Å². The van der Waals surface area contributed by atoms with Gasteiger partial charge in [-0.25, -0.2) is 13.2 Å². The normalized spacial score (nSPS) is 14.0. The van der Waals surface area contributed by atoms with Crippen molar-refractivity contribution in [1.29, 1.82) is 0 Å². The van der Waals surface area contributed by atoms with Gasteiger partial charge in [0, 0.05) is 5.39 Å². The lowest BCUT2D eigenvalue weighted by Gasteiger charge is -2.17. The Morgan fingerprint density at radius 2 is 1.86 bits per heavy atom. The van der Waals surface area contributed by atoms with Crippen molar-refractivity contribution in [3.63, 3.8) is 0 Å². The molecule has 9 nitrogen and oxygen atoms in total. The van der Waals surface area contributed by atoms with Gasteiger partial charge in [-0.2, -0.15) is 0 Å². The standard InChI is InChI=1S/C19H14N2O7S/c1-27-13-8-9-16(15(10-13)21(23)24)28-18(22)11-20-14-6-2-4-12-5-3-7-17(19(12)14)29(20,25)26/h2-10H,11H2,1H3. The molecule has 0 radical (unpaired) electrons. The zero-order valence-corrected chi connectivity index (χ0v) is 15.9. The number of nitrogens with zero attached hydrogens (tertiary/aromatic N) is 2. The van der Waals surface area contributed by atoms with Gasteiger partial charge in [0.05, 0.1) is 28.7 Å². The number of nitro groups is 1. The van der Waals surface area contributed by atoms with Crippen LogP contribution in [0.2, 0.25) is 0 Å². The van der Waals surface area contributed by atoms with Gasteiger partial charge in [0.1, 0.15) is 12.3 Å². The number of benzene rings is 3. The highest BCUT2D eigenvalue weighted by molar-refractivity contribution is 7.93. The quantitative estimate of drug-likeness (QED) is 0.273. The molecule has 4 rings (SSSR count). The van der Waals surface area contributed by atoms with Gasteiger partial charge in [-0.3, -0.25) is 14.4 Å². The number of sulfonamides is 1. The molecule has 1 aliphatic heterocycles. The van der Waals surface area contributed by atoms with Gasteiger partial charge in [-0.1, -0.05) is 24.3 Å². The van der Waals surface area contributed by atoms with Crippen molar-refractivity contribution in [2.45, 2.75) is 4.90 Å². The average molecular weight is 414 g/mol. The zero-order valence-electron chi connectivity index (χ0n) is 15.1. The molecule has 29 heavy (non-hydrogen) atoms. The summed E-state index contributed by atoms with van der Waals surface area (Å²) >= 11 is 0. The molecule has 0 unspecified atom stereocenters. The fourth-order valence-corrected chi connectivity index (χ4v) is 4.91. The first-order valence-corrected chi connectivity index (χ1v) is 9.84. The van der Waals surface area contributed by atoms with Crippen molar-refractivity contribution in [3.8, 4) is 11.5 Å². The molecule has 1 aliphatic rings. The van der Waals surface area contributed by atoms with Crippen LogP contribution in [0.5, 0.6) is 11.5 Å². The lowest BCUT2D eigenvalue weighted by molar-refractivity contribution is -0.385. The van der Waals surface area contributed by atoms with E-state index in [1.54, 1.807) is 30.3 Å². The summed E-state index contributed by atoms with van der Waals surface area (Å²) in [6.45, 7) is -0.626. The summed E-state index contributed by atoms with van der Waals surface area (Å²) in [5, 5.41) is 12.5. The number of rotatable bonds is 5. The predicted octanol–water partition coefficient (Wildman–Crippen LogP) is 2.87. The summed E-state index contributed by atoms with van der Waals surface area (Å²) in [6, 6.07) is 13.7. The van der Waals surface area contributed by atoms with Crippen LogP contribution in [0.4, 0.5) is 11.4 Å². The number of nitro benzene ring substituents is 1. The number of ether oxygens (including phenoxy) is 2. The predicted molar refractivity (Wildman–Crippen MR) is 104 cm³/mol. The fourth-order valence-electron chi connectivity index (χ4n) is 3.25. The molecule has 1 heterocycles. The molecular formula is C19H14N2O7S. The smallest absolute Gasteiger partial charge is 0.332 e. The third-order valence-corrected chi connectivity index (χ3v) is 6.34. The summed E-state index contributed by atoms with van der Waals surface area (Å²) in [6.07, 6.45) is 0. The highest BCUT2D eigenvalue weighted by Gasteiger charge is 2.37. The Balaban J connectivity index is 1.65. The molecule has 0 amide bonds. The number of hydrogen-bond acceptors (Lipinski definition) is 7. The maximum Gasteiger partial charge on any atom is 0.332 e. The fraction of sp³-hybridized carbons (Fsp3) is 0.105. The minimum atomic E-state index is -3.94. The molecular weight excluding hydrogens is 400 g/mol. The van der Waals surface area contributed by atoms with E-state index in [-0.39, 0.29) is 16.4 Å². The van der Waals surface area contributed by atoms with E-state index in [9.17, 15) is 23.3 Å². The van der Waals surface area contributed by atoms with Crippen molar-refractivity contribution in [3.05, 3.63) is 64.7 Å². The molecule has 0 aromatic heterocycles. The van der Waals surface area contributed by atoms with Gasteiger partial charge in [0.15, 0.2) is 0 Å². The van der Waals surface area contributed by atoms with Gasteiger partial charge < -0.3 is 9.47 Å². The van der Waals surface area contributed by atoms with Crippen LogP contribution in [0.1, 0.15) is 0 Å². The number of esters is 1. The van der Waals surface area contributed by atoms with Gasteiger partial charge in [-0.15, -0.1) is 0 Å². The van der Waals surface area contributed by atoms with E-state index in [4.69, 9.17) is 9.47 Å². The maximum absolute atomic E-state index is 12.9. The van der Waals surface area contributed by atoms with E-state index < -0.39 is 33.1 Å². The summed E-state index contributed by atoms with van der Waals surface area (Å²) in [5.74, 6) is -1.03. The molecule has 3 aromatic carbocycles. The van der Waals surface area contributed by atoms with E-state index in [0.29, 0.717) is 11.1 Å². The molecule has 0 fully saturated rings. The zero-order chi connectivity index (χ0) is 20.8. The van der Waals surface area contributed by atoms with Crippen molar-refractivity contribution >= 4 is 38.1 Å². The van der Waals surface area contributed by atoms with E-state index in [1.807, 2.05) is 0 Å². The van der Waals surface area contributed by atoms with E-state index >= 15 is 0 Å². The summed E-state index contributed by atoms with van der Waals surface area (Å²) in [5.41, 5.74) is -0.105. The molecule has 0 saturated heterocycles. The second-order valence-electron chi connectivity index (χ2n) is 6.21. The monoisotopic (exact) mass is 414 g/mol. The molecule has 10 heteroatoms. The Hall–Kier alpha value is -3.66. The molecule has 3 aromatic rings. The highest BCUT2D eigenvalue weighted by atomic mass is 32.2. The third kappa shape index (κ3) is 3.03. The average Bonchev–Trinajstić information content (AvgIpc) is 2.91. The Bertz CT molecular complexity index is 1270. The van der Waals surface area contributed by atoms with Crippen LogP contribution in [0, 0.1) is 10.1 Å². The van der Waals surface area contributed by atoms with Gasteiger partial charge in [-0.05, 0) is 29.7 Å². The van der Waals surface area contributed by atoms with E-state index in [0.717, 1.165) is 15.8 Å². The lowest BCUT2D eigenvalue weighted by atomic mass is 10.1. The van der Waals surface area contributed by atoms with E-state index in [2.05, 4.69) is 0 Å². The van der Waals surface area contributed by atoms with Crippen LogP contribution >= 0.6 is 0 Å². The number of anilines is 1. The molecule has 148 valence electrons. The van der Waals surface area contributed by atoms with Crippen LogP contribution in [-0.4, -0.2) is 33.0 Å². The van der Waals surface area contributed by atoms with Crippen LogP contribution in [0.15, 0.2) is 59.5 Å². The Morgan fingerprint density at radius 1 is 1.14 bits per heavy atom. The summed E-state index contributed by atoms with van der Waals surface area (Å²) < 4.78 is 36.8. The minimum Gasteiger partial charge on any atom is -0.496 e. The first-order chi connectivity index (χ1) is 13.8. The van der Waals surface area contributed by atoms with Gasteiger partial charge in [0.25, 0.3) is 10.0 Å². The van der Waals surface area contributed by atoms with Crippen molar-refractivity contribution < 1.29 is 27.6 Å². The first-order valence-electron chi connectivity index (χ1n) is 8.40.